The summed E-state index contributed by atoms with van der Waals surface area (Å²) in [4.78, 5) is 28.4. The summed E-state index contributed by atoms with van der Waals surface area (Å²) in [6, 6.07) is 10.8. The number of hydrogen-bond acceptors (Lipinski definition) is 6. The molecule has 1 aliphatic rings. The predicted molar refractivity (Wildman–Crippen MR) is 102 cm³/mol. The molecule has 1 atom stereocenters. The molecule has 4 rings (SSSR count). The van der Waals surface area contributed by atoms with Gasteiger partial charge in [-0.05, 0) is 49.4 Å². The number of aromatic nitrogens is 1. The fourth-order valence-corrected chi connectivity index (χ4v) is 3.53. The summed E-state index contributed by atoms with van der Waals surface area (Å²) in [5.41, 5.74) is 1.63. The largest absolute Gasteiger partial charge is 0.482 e. The van der Waals surface area contributed by atoms with Crippen molar-refractivity contribution in [3.05, 3.63) is 60.0 Å². The zero-order valence-electron chi connectivity index (χ0n) is 14.8. The van der Waals surface area contributed by atoms with E-state index in [4.69, 9.17) is 9.15 Å². The summed E-state index contributed by atoms with van der Waals surface area (Å²) in [5, 5.41) is 2.57. The van der Waals surface area contributed by atoms with Crippen LogP contribution in [0.3, 0.4) is 0 Å². The summed E-state index contributed by atoms with van der Waals surface area (Å²) in [6.45, 7) is 1.72. The molecule has 0 spiro atoms. The van der Waals surface area contributed by atoms with Crippen LogP contribution in [0.5, 0.6) is 5.75 Å². The number of Topliss-reactive ketones (excluding diaryl/α,β-unsaturated/α-hetero) is 1. The first-order valence-corrected chi connectivity index (χ1v) is 9.37. The van der Waals surface area contributed by atoms with Crippen molar-refractivity contribution in [2.75, 3.05) is 11.9 Å². The van der Waals surface area contributed by atoms with Gasteiger partial charge in [0.05, 0.1) is 17.1 Å². The van der Waals surface area contributed by atoms with Gasteiger partial charge in [0.1, 0.15) is 11.6 Å². The van der Waals surface area contributed by atoms with Gasteiger partial charge in [-0.2, -0.15) is 0 Å². The molecule has 0 aliphatic carbocycles. The van der Waals surface area contributed by atoms with Crippen molar-refractivity contribution in [2.45, 2.75) is 17.4 Å². The monoisotopic (exact) mass is 398 g/mol. The number of hydrogen-bond donors (Lipinski definition) is 1. The number of carbonyl (C=O) groups is 2. The smallest absolute Gasteiger partial charge is 0.262 e. The van der Waals surface area contributed by atoms with Gasteiger partial charge < -0.3 is 14.5 Å². The van der Waals surface area contributed by atoms with Gasteiger partial charge in [-0.25, -0.2) is 9.37 Å². The molecule has 0 bridgehead atoms. The number of anilines is 1. The van der Waals surface area contributed by atoms with Crippen LogP contribution in [-0.4, -0.2) is 28.5 Å². The number of halogens is 1. The topological polar surface area (TPSA) is 81.4 Å². The van der Waals surface area contributed by atoms with Crippen LogP contribution in [0.25, 0.3) is 11.3 Å². The van der Waals surface area contributed by atoms with Crippen LogP contribution < -0.4 is 10.1 Å². The molecule has 0 radical (unpaired) electrons. The number of nitrogens with zero attached hydrogens (tertiary/aromatic N) is 1. The zero-order valence-corrected chi connectivity index (χ0v) is 15.6. The highest BCUT2D eigenvalue weighted by atomic mass is 32.2. The number of ketones is 1. The van der Waals surface area contributed by atoms with E-state index in [-0.39, 0.29) is 24.1 Å². The molecule has 3 aromatic rings. The average molecular weight is 398 g/mol. The quantitative estimate of drug-likeness (QED) is 0.513. The average Bonchev–Trinajstić information content (AvgIpc) is 3.15. The summed E-state index contributed by atoms with van der Waals surface area (Å²) >= 11 is 1.18. The Hall–Kier alpha value is -3.13. The van der Waals surface area contributed by atoms with E-state index in [1.54, 1.807) is 43.5 Å². The van der Waals surface area contributed by atoms with Gasteiger partial charge in [0.2, 0.25) is 0 Å². The van der Waals surface area contributed by atoms with E-state index >= 15 is 0 Å². The molecule has 0 saturated heterocycles. The third kappa shape index (κ3) is 3.77. The molecule has 6 nitrogen and oxygen atoms in total. The molecule has 1 N–H and O–H groups in total. The molecule has 0 saturated carbocycles. The minimum Gasteiger partial charge on any atom is -0.482 e. The van der Waals surface area contributed by atoms with Gasteiger partial charge in [-0.1, -0.05) is 11.8 Å². The maximum atomic E-state index is 13.0. The molecular formula is C20H15FN2O4S. The van der Waals surface area contributed by atoms with Gasteiger partial charge >= 0.3 is 0 Å². The summed E-state index contributed by atoms with van der Waals surface area (Å²) in [7, 11) is 0. The fourth-order valence-electron chi connectivity index (χ4n) is 2.74. The lowest BCUT2D eigenvalue weighted by atomic mass is 10.1. The van der Waals surface area contributed by atoms with Crippen molar-refractivity contribution in [3.63, 3.8) is 0 Å². The second-order valence-electron chi connectivity index (χ2n) is 6.17. The standard InChI is InChI=1S/C20H15FN2O4S/c1-11(19(25)13-4-7-16-15(8-13)23-18(24)10-26-16)28-20-22-9-17(27-20)12-2-5-14(21)6-3-12/h2-9,11H,10H2,1H3,(H,23,24)/t11-/m0/s1. The number of carbonyl (C=O) groups excluding carboxylic acids is 2. The van der Waals surface area contributed by atoms with Gasteiger partial charge in [0.25, 0.3) is 11.1 Å². The van der Waals surface area contributed by atoms with Gasteiger partial charge in [-0.15, -0.1) is 0 Å². The van der Waals surface area contributed by atoms with Crippen LogP contribution in [0.15, 0.2) is 58.3 Å². The first-order valence-electron chi connectivity index (χ1n) is 8.49. The van der Waals surface area contributed by atoms with Crippen LogP contribution >= 0.6 is 11.8 Å². The second-order valence-corrected chi connectivity index (χ2v) is 7.46. The van der Waals surface area contributed by atoms with E-state index in [9.17, 15) is 14.0 Å². The molecule has 0 fully saturated rings. The molecule has 2 aromatic carbocycles. The first-order chi connectivity index (χ1) is 13.5. The minimum absolute atomic E-state index is 0.0346. The van der Waals surface area contributed by atoms with Crippen LogP contribution in [0.4, 0.5) is 10.1 Å². The Morgan fingerprint density at radius 1 is 1.25 bits per heavy atom. The van der Waals surface area contributed by atoms with Gasteiger partial charge in [0.15, 0.2) is 18.2 Å². The van der Waals surface area contributed by atoms with Crippen LogP contribution in [0, 0.1) is 5.82 Å². The highest BCUT2D eigenvalue weighted by molar-refractivity contribution is 8.00. The minimum atomic E-state index is -0.460. The van der Waals surface area contributed by atoms with Crippen LogP contribution in [-0.2, 0) is 4.79 Å². The Labute approximate surface area is 164 Å². The molecule has 28 heavy (non-hydrogen) atoms. The third-order valence-electron chi connectivity index (χ3n) is 4.16. The summed E-state index contributed by atoms with van der Waals surface area (Å²) in [6.07, 6.45) is 1.54. The lowest BCUT2D eigenvalue weighted by molar-refractivity contribution is -0.118. The van der Waals surface area contributed by atoms with Crippen molar-refractivity contribution in [1.82, 2.24) is 4.98 Å². The lowest BCUT2D eigenvalue weighted by Gasteiger charge is -2.18. The first kappa shape index (κ1) is 18.2. The highest BCUT2D eigenvalue weighted by Crippen LogP contribution is 2.32. The summed E-state index contributed by atoms with van der Waals surface area (Å²) in [5.74, 6) is 0.314. The Balaban J connectivity index is 1.47. The second kappa shape index (κ2) is 7.47. The highest BCUT2D eigenvalue weighted by Gasteiger charge is 2.22. The predicted octanol–water partition coefficient (Wildman–Crippen LogP) is 4.18. The normalized spacial score (nSPS) is 14.0. The Bertz CT molecular complexity index is 1050. The number of oxazole rings is 1. The van der Waals surface area contributed by atoms with E-state index in [1.807, 2.05) is 0 Å². The molecule has 0 unspecified atom stereocenters. The van der Waals surface area contributed by atoms with Crippen molar-refractivity contribution >= 4 is 29.1 Å². The number of ether oxygens (including phenoxy) is 1. The van der Waals surface area contributed by atoms with E-state index in [2.05, 4.69) is 10.3 Å². The Morgan fingerprint density at radius 3 is 2.82 bits per heavy atom. The number of amides is 1. The molecule has 142 valence electrons. The van der Waals surface area contributed by atoms with Crippen LogP contribution in [0.2, 0.25) is 0 Å². The SMILES string of the molecule is C[C@H](Sc1ncc(-c2ccc(F)cc2)o1)C(=O)c1ccc2c(c1)NC(=O)CO2. The number of thioether (sulfide) groups is 1. The Morgan fingerprint density at radius 2 is 2.04 bits per heavy atom. The van der Waals surface area contributed by atoms with E-state index < -0.39 is 5.25 Å². The maximum absolute atomic E-state index is 13.0. The molecule has 1 aromatic heterocycles. The number of benzene rings is 2. The molecule has 1 aliphatic heterocycles. The Kier molecular flexibility index (Phi) is 4.87. The van der Waals surface area contributed by atoms with Gasteiger partial charge in [-0.3, -0.25) is 9.59 Å². The number of fused-ring (bicyclic) bond motifs is 1. The van der Waals surface area contributed by atoms with Crippen molar-refractivity contribution in [2.24, 2.45) is 0 Å². The van der Waals surface area contributed by atoms with Crippen molar-refractivity contribution in [1.29, 1.82) is 0 Å². The lowest BCUT2D eigenvalue weighted by Crippen LogP contribution is -2.25. The van der Waals surface area contributed by atoms with E-state index in [1.165, 1.54) is 23.9 Å². The summed E-state index contributed by atoms with van der Waals surface area (Å²) < 4.78 is 24.0. The molecular weight excluding hydrogens is 383 g/mol. The van der Waals surface area contributed by atoms with Crippen LogP contribution in [0.1, 0.15) is 17.3 Å². The van der Waals surface area contributed by atoms with Crippen molar-refractivity contribution < 1.29 is 23.1 Å². The molecule has 2 heterocycles. The van der Waals surface area contributed by atoms with Gasteiger partial charge in [0, 0.05) is 11.1 Å². The maximum Gasteiger partial charge on any atom is 0.262 e. The van der Waals surface area contributed by atoms with Crippen molar-refractivity contribution in [3.8, 4) is 17.1 Å². The third-order valence-corrected chi connectivity index (χ3v) is 5.11. The number of nitrogens with one attached hydrogen (secondary N) is 1. The van der Waals surface area contributed by atoms with E-state index in [0.717, 1.165) is 0 Å². The molecule has 1 amide bonds. The zero-order chi connectivity index (χ0) is 19.7. The number of rotatable bonds is 5. The molecule has 8 heteroatoms. The fraction of sp³-hybridized carbons (Fsp3) is 0.150. The van der Waals surface area contributed by atoms with E-state index in [0.29, 0.717) is 33.5 Å².